The van der Waals surface area contributed by atoms with Crippen molar-refractivity contribution in [3.05, 3.63) is 0 Å². The average Bonchev–Trinajstić information content (AvgIpc) is 1.81. The minimum absolute atomic E-state index is 0. The van der Waals surface area contributed by atoms with Gasteiger partial charge in [-0.25, -0.2) is 0 Å². The van der Waals surface area contributed by atoms with Gasteiger partial charge in [0.05, 0.1) is 6.54 Å². The third kappa shape index (κ3) is 10.8. The number of carbonyl (C=O) groups excluding carboxylic acids is 1. The van der Waals surface area contributed by atoms with E-state index in [1.807, 2.05) is 0 Å². The molecule has 0 spiro atoms. The summed E-state index contributed by atoms with van der Waals surface area (Å²) in [4.78, 5) is 26.5. The van der Waals surface area contributed by atoms with Crippen LogP contribution in [0.3, 0.4) is 0 Å². The van der Waals surface area contributed by atoms with Gasteiger partial charge >= 0.3 is 51.3 Å². The second-order valence-electron chi connectivity index (χ2n) is 1.51. The molecule has 0 saturated carbocycles. The van der Waals surface area contributed by atoms with Gasteiger partial charge in [-0.15, -0.1) is 0 Å². The zero-order valence-corrected chi connectivity index (χ0v) is 5.95. The molecule has 0 aromatic heterocycles. The summed E-state index contributed by atoms with van der Waals surface area (Å²) in [5.41, 5.74) is 4.77. The molecule has 0 heterocycles. The first-order valence-corrected chi connectivity index (χ1v) is 4.16. The molecule has 0 saturated heterocycles. The Kier molecular flexibility index (Phi) is 8.32. The summed E-state index contributed by atoms with van der Waals surface area (Å²) in [6.45, 7) is -0.375. The fourth-order valence-corrected chi connectivity index (χ4v) is 0.527. The van der Waals surface area contributed by atoms with Gasteiger partial charge in [0, 0.05) is 0 Å². The van der Waals surface area contributed by atoms with Crippen LogP contribution in [0, 0.1) is 0 Å². The molecule has 0 bridgehead atoms. The van der Waals surface area contributed by atoms with Crippen molar-refractivity contribution in [2.45, 2.75) is 0 Å². The summed E-state index contributed by atoms with van der Waals surface area (Å²) in [6.07, 6.45) is -0.900. The number of esters is 1. The molecule has 0 unspecified atom stereocenters. The quantitative estimate of drug-likeness (QED) is 0.275. The summed E-state index contributed by atoms with van der Waals surface area (Å²) in [7, 11) is -4.23. The van der Waals surface area contributed by atoms with Crippen LogP contribution in [0.25, 0.3) is 0 Å². The maximum atomic E-state index is 10.2. The number of nitrogens with two attached hydrogens (primary N) is 1. The van der Waals surface area contributed by atoms with Crippen LogP contribution in [-0.4, -0.2) is 66.4 Å². The van der Waals surface area contributed by atoms with Crippen LogP contribution in [0.1, 0.15) is 0 Å². The van der Waals surface area contributed by atoms with E-state index in [1.165, 1.54) is 0 Å². The van der Waals surface area contributed by atoms with Crippen molar-refractivity contribution in [1.29, 1.82) is 0 Å². The van der Waals surface area contributed by atoms with E-state index in [2.05, 4.69) is 4.74 Å². The molecule has 0 amide bonds. The van der Waals surface area contributed by atoms with E-state index in [9.17, 15) is 9.36 Å². The molecule has 4 N–H and O–H groups in total. The molecule has 0 rings (SSSR count). The van der Waals surface area contributed by atoms with Crippen molar-refractivity contribution in [1.82, 2.24) is 0 Å². The SMILES string of the molecule is NCC(=O)OCP(=O)(O)O.[CaH2]. The van der Waals surface area contributed by atoms with E-state index in [4.69, 9.17) is 15.5 Å². The molecule has 0 atom stereocenters. The molecule has 0 fully saturated rings. The number of ether oxygens (including phenoxy) is 1. The van der Waals surface area contributed by atoms with Crippen molar-refractivity contribution < 1.29 is 23.9 Å². The van der Waals surface area contributed by atoms with Crippen molar-refractivity contribution in [2.24, 2.45) is 5.73 Å². The van der Waals surface area contributed by atoms with Gasteiger partial charge in [0.25, 0.3) is 0 Å². The Morgan fingerprint density at radius 3 is 2.27 bits per heavy atom. The van der Waals surface area contributed by atoms with Crippen LogP contribution in [0.5, 0.6) is 0 Å². The van der Waals surface area contributed by atoms with E-state index in [-0.39, 0.29) is 44.3 Å². The molecular formula is C3H10CaNO5P. The fourth-order valence-electron chi connectivity index (χ4n) is 0.215. The Balaban J connectivity index is 0. The molecular weight excluding hydrogens is 201 g/mol. The van der Waals surface area contributed by atoms with Gasteiger partial charge in [-0.05, 0) is 0 Å². The fraction of sp³-hybridized carbons (Fsp3) is 0.667. The van der Waals surface area contributed by atoms with Gasteiger partial charge < -0.3 is 20.3 Å². The Morgan fingerprint density at radius 2 is 2.00 bits per heavy atom. The number of rotatable bonds is 3. The van der Waals surface area contributed by atoms with E-state index in [0.717, 1.165) is 0 Å². The van der Waals surface area contributed by atoms with Crippen molar-refractivity contribution in [3.63, 3.8) is 0 Å². The molecule has 0 aromatic carbocycles. The third-order valence-corrected chi connectivity index (χ3v) is 1.03. The molecule has 0 radical (unpaired) electrons. The van der Waals surface area contributed by atoms with Crippen LogP contribution < -0.4 is 5.73 Å². The second kappa shape index (κ2) is 6.37. The van der Waals surface area contributed by atoms with E-state index >= 15 is 0 Å². The van der Waals surface area contributed by atoms with E-state index in [0.29, 0.717) is 0 Å². The zero-order valence-electron chi connectivity index (χ0n) is 5.06. The first-order valence-electron chi connectivity index (χ1n) is 2.36. The second-order valence-corrected chi connectivity index (χ2v) is 3.10. The first kappa shape index (κ1) is 14.4. The number of hydrogen-bond acceptors (Lipinski definition) is 4. The summed E-state index contributed by atoms with van der Waals surface area (Å²) in [6, 6.07) is 0. The monoisotopic (exact) mass is 211 g/mol. The van der Waals surface area contributed by atoms with Crippen LogP contribution >= 0.6 is 7.60 Å². The predicted molar refractivity (Wildman–Crippen MR) is 40.6 cm³/mol. The zero-order chi connectivity index (χ0) is 8.20. The Bertz CT molecular complexity index is 167. The Morgan fingerprint density at radius 1 is 1.55 bits per heavy atom. The summed E-state index contributed by atoms with van der Waals surface area (Å²) >= 11 is 0. The Labute approximate surface area is 93.3 Å². The third-order valence-electron chi connectivity index (χ3n) is 0.560. The normalized spacial score (nSPS) is 10.1. The van der Waals surface area contributed by atoms with Crippen LogP contribution in [0.15, 0.2) is 0 Å². The molecule has 11 heavy (non-hydrogen) atoms. The van der Waals surface area contributed by atoms with Gasteiger partial charge in [0.2, 0.25) is 0 Å². The van der Waals surface area contributed by atoms with Crippen LogP contribution in [-0.2, 0) is 14.1 Å². The molecule has 64 valence electrons. The number of carbonyl (C=O) groups is 1. The molecule has 6 nitrogen and oxygen atoms in total. The van der Waals surface area contributed by atoms with Crippen molar-refractivity contribution in [3.8, 4) is 0 Å². The topological polar surface area (TPSA) is 110 Å². The number of hydrogen-bond donors (Lipinski definition) is 3. The van der Waals surface area contributed by atoms with E-state index < -0.39 is 19.9 Å². The van der Waals surface area contributed by atoms with Crippen LogP contribution in [0.4, 0.5) is 0 Å². The van der Waals surface area contributed by atoms with E-state index in [1.54, 1.807) is 0 Å². The summed E-state index contributed by atoms with van der Waals surface area (Å²) in [5.74, 6) is -0.830. The first-order chi connectivity index (χ1) is 4.45. The van der Waals surface area contributed by atoms with Gasteiger partial charge in [-0.1, -0.05) is 0 Å². The molecule has 0 aliphatic rings. The average molecular weight is 211 g/mol. The summed E-state index contributed by atoms with van der Waals surface area (Å²) in [5, 5.41) is 0. The van der Waals surface area contributed by atoms with Gasteiger partial charge in [0.1, 0.15) is 0 Å². The van der Waals surface area contributed by atoms with Crippen molar-refractivity contribution in [2.75, 3.05) is 12.9 Å². The standard InChI is InChI=1S/C3H8NO5P.Ca.2H/c4-1-3(5)9-2-10(6,7)8;;;/h1-2,4H2,(H2,6,7,8);;;. The summed E-state index contributed by atoms with van der Waals surface area (Å²) < 4.78 is 14.1. The molecule has 8 heteroatoms. The van der Waals surface area contributed by atoms with Gasteiger partial charge in [-0.3, -0.25) is 9.36 Å². The predicted octanol–water partition coefficient (Wildman–Crippen LogP) is -2.29. The molecule has 0 aliphatic carbocycles. The van der Waals surface area contributed by atoms with Gasteiger partial charge in [0.15, 0.2) is 6.35 Å². The molecule has 0 aliphatic heterocycles. The van der Waals surface area contributed by atoms with Crippen LogP contribution in [0.2, 0.25) is 0 Å². The molecule has 0 aromatic rings. The Hall–Kier alpha value is 0.840. The minimum atomic E-state index is -4.23. The van der Waals surface area contributed by atoms with Gasteiger partial charge in [-0.2, -0.15) is 0 Å². The maximum absolute atomic E-state index is 10.2. The van der Waals surface area contributed by atoms with Crippen molar-refractivity contribution >= 4 is 51.3 Å².